The number of ether oxygens (including phenoxy) is 1. The van der Waals surface area contributed by atoms with Gasteiger partial charge in [-0.05, 0) is 31.4 Å². The lowest BCUT2D eigenvalue weighted by atomic mass is 10.0. The van der Waals surface area contributed by atoms with Crippen LogP contribution in [0.1, 0.15) is 18.9 Å². The molecule has 1 aliphatic heterocycles. The summed E-state index contributed by atoms with van der Waals surface area (Å²) in [6, 6.07) is 8.56. The molecule has 0 saturated heterocycles. The Labute approximate surface area is 117 Å². The molecule has 0 aliphatic carbocycles. The van der Waals surface area contributed by atoms with Crippen LogP contribution >= 0.6 is 0 Å². The van der Waals surface area contributed by atoms with E-state index in [1.165, 1.54) is 5.56 Å². The summed E-state index contributed by atoms with van der Waals surface area (Å²) in [5.74, 6) is 0.731. The number of nitrogen functional groups attached to an aromatic ring is 1. The Hall–Kier alpha value is -2.37. The second-order valence-corrected chi connectivity index (χ2v) is 4.59. The van der Waals surface area contributed by atoms with Crippen LogP contribution in [-0.4, -0.2) is 28.1 Å². The van der Waals surface area contributed by atoms with E-state index in [1.54, 1.807) is 0 Å². The Balaban J connectivity index is 2.01. The number of hydrogen-bond acceptors (Lipinski definition) is 6. The van der Waals surface area contributed by atoms with Crippen LogP contribution in [-0.2, 0) is 6.42 Å². The first-order valence-corrected chi connectivity index (χ1v) is 6.77. The molecule has 1 aromatic heterocycles. The van der Waals surface area contributed by atoms with Gasteiger partial charge in [-0.2, -0.15) is 15.0 Å². The molecule has 1 aromatic carbocycles. The van der Waals surface area contributed by atoms with Gasteiger partial charge in [-0.25, -0.2) is 0 Å². The minimum Gasteiger partial charge on any atom is -0.464 e. The molecule has 0 spiro atoms. The largest absolute Gasteiger partial charge is 0.464 e. The van der Waals surface area contributed by atoms with Gasteiger partial charge in [0.25, 0.3) is 0 Å². The predicted molar refractivity (Wildman–Crippen MR) is 77.2 cm³/mol. The maximum absolute atomic E-state index is 5.75. The number of fused-ring (bicyclic) bond motifs is 1. The van der Waals surface area contributed by atoms with Crippen molar-refractivity contribution in [1.29, 1.82) is 0 Å². The Morgan fingerprint density at radius 3 is 2.95 bits per heavy atom. The minimum atomic E-state index is 0.182. The smallest absolute Gasteiger partial charge is 0.323 e. The molecule has 0 unspecified atom stereocenters. The van der Waals surface area contributed by atoms with Crippen molar-refractivity contribution < 1.29 is 4.74 Å². The van der Waals surface area contributed by atoms with Gasteiger partial charge >= 0.3 is 6.01 Å². The van der Waals surface area contributed by atoms with Gasteiger partial charge in [-0.3, -0.25) is 0 Å². The first-order chi connectivity index (χ1) is 9.78. The fourth-order valence-corrected chi connectivity index (χ4v) is 2.42. The normalized spacial score (nSPS) is 13.9. The monoisotopic (exact) mass is 271 g/mol. The Morgan fingerprint density at radius 2 is 2.10 bits per heavy atom. The van der Waals surface area contributed by atoms with Gasteiger partial charge < -0.3 is 15.4 Å². The van der Waals surface area contributed by atoms with Gasteiger partial charge in [0.2, 0.25) is 11.9 Å². The van der Waals surface area contributed by atoms with E-state index in [0.717, 1.165) is 25.1 Å². The third-order valence-corrected chi connectivity index (χ3v) is 3.25. The molecule has 3 rings (SSSR count). The first kappa shape index (κ1) is 12.7. The minimum absolute atomic E-state index is 0.182. The summed E-state index contributed by atoms with van der Waals surface area (Å²) in [5.41, 5.74) is 8.18. The van der Waals surface area contributed by atoms with Crippen molar-refractivity contribution in [2.45, 2.75) is 19.8 Å². The molecule has 1 aliphatic rings. The highest BCUT2D eigenvalue weighted by molar-refractivity contribution is 5.63. The molecule has 6 nitrogen and oxygen atoms in total. The van der Waals surface area contributed by atoms with E-state index in [-0.39, 0.29) is 12.0 Å². The van der Waals surface area contributed by atoms with Crippen LogP contribution in [0.4, 0.5) is 17.6 Å². The summed E-state index contributed by atoms with van der Waals surface area (Å²) in [7, 11) is 0. The summed E-state index contributed by atoms with van der Waals surface area (Å²) >= 11 is 0. The number of aromatic nitrogens is 3. The number of anilines is 3. The van der Waals surface area contributed by atoms with E-state index in [2.05, 4.69) is 38.1 Å². The molecule has 0 radical (unpaired) electrons. The molecule has 2 aromatic rings. The number of para-hydroxylation sites is 1. The topological polar surface area (TPSA) is 77.2 Å². The summed E-state index contributed by atoms with van der Waals surface area (Å²) in [6.07, 6.45) is 2.14. The van der Waals surface area contributed by atoms with E-state index < -0.39 is 0 Å². The summed E-state index contributed by atoms with van der Waals surface area (Å²) in [4.78, 5) is 14.6. The number of aryl methyl sites for hydroxylation is 1. The highest BCUT2D eigenvalue weighted by Crippen LogP contribution is 2.31. The van der Waals surface area contributed by atoms with Crippen molar-refractivity contribution in [2.75, 3.05) is 23.8 Å². The second-order valence-electron chi connectivity index (χ2n) is 4.59. The Kier molecular flexibility index (Phi) is 3.37. The van der Waals surface area contributed by atoms with Crippen molar-refractivity contribution in [3.8, 4) is 6.01 Å². The zero-order valence-corrected chi connectivity index (χ0v) is 11.4. The average molecular weight is 271 g/mol. The summed E-state index contributed by atoms with van der Waals surface area (Å²) in [6.45, 7) is 3.25. The van der Waals surface area contributed by atoms with Crippen LogP contribution in [0.5, 0.6) is 6.01 Å². The SMILES string of the molecule is CCOc1nc(N)nc(N2CCCc3ccccc32)n1. The molecule has 0 fully saturated rings. The molecule has 0 amide bonds. The lowest BCUT2D eigenvalue weighted by Gasteiger charge is -2.29. The first-order valence-electron chi connectivity index (χ1n) is 6.77. The fraction of sp³-hybridized carbons (Fsp3) is 0.357. The van der Waals surface area contributed by atoms with Crippen molar-refractivity contribution in [3.63, 3.8) is 0 Å². The van der Waals surface area contributed by atoms with Gasteiger partial charge in [0.1, 0.15) is 0 Å². The lowest BCUT2D eigenvalue weighted by Crippen LogP contribution is -2.26. The average Bonchev–Trinajstić information content (AvgIpc) is 2.46. The predicted octanol–water partition coefficient (Wildman–Crippen LogP) is 1.94. The zero-order chi connectivity index (χ0) is 13.9. The molecule has 0 atom stereocenters. The van der Waals surface area contributed by atoms with Gasteiger partial charge in [-0.1, -0.05) is 18.2 Å². The van der Waals surface area contributed by atoms with Crippen molar-refractivity contribution in [3.05, 3.63) is 29.8 Å². The van der Waals surface area contributed by atoms with E-state index >= 15 is 0 Å². The molecule has 0 bridgehead atoms. The van der Waals surface area contributed by atoms with Gasteiger partial charge in [0.15, 0.2) is 0 Å². The molecular weight excluding hydrogens is 254 g/mol. The number of nitrogens with zero attached hydrogens (tertiary/aromatic N) is 4. The number of benzene rings is 1. The Bertz CT molecular complexity index is 616. The van der Waals surface area contributed by atoms with Gasteiger partial charge in [0.05, 0.1) is 6.61 Å². The van der Waals surface area contributed by atoms with Crippen LogP contribution in [0.3, 0.4) is 0 Å². The van der Waals surface area contributed by atoms with E-state index in [9.17, 15) is 0 Å². The maximum Gasteiger partial charge on any atom is 0.323 e. The third kappa shape index (κ3) is 2.36. The molecule has 2 heterocycles. The quantitative estimate of drug-likeness (QED) is 0.919. The van der Waals surface area contributed by atoms with Crippen LogP contribution in [0, 0.1) is 0 Å². The van der Waals surface area contributed by atoms with Crippen LogP contribution in [0.15, 0.2) is 24.3 Å². The molecular formula is C14H17N5O. The number of hydrogen-bond donors (Lipinski definition) is 1. The van der Waals surface area contributed by atoms with Crippen molar-refractivity contribution >= 4 is 17.6 Å². The van der Waals surface area contributed by atoms with Gasteiger partial charge in [-0.15, -0.1) is 0 Å². The highest BCUT2D eigenvalue weighted by Gasteiger charge is 2.21. The molecule has 0 saturated carbocycles. The lowest BCUT2D eigenvalue weighted by molar-refractivity contribution is 0.312. The van der Waals surface area contributed by atoms with Crippen molar-refractivity contribution in [2.24, 2.45) is 0 Å². The van der Waals surface area contributed by atoms with Gasteiger partial charge in [0, 0.05) is 12.2 Å². The summed E-state index contributed by atoms with van der Waals surface area (Å²) in [5, 5.41) is 0. The highest BCUT2D eigenvalue weighted by atomic mass is 16.5. The zero-order valence-electron chi connectivity index (χ0n) is 11.4. The summed E-state index contributed by atoms with van der Waals surface area (Å²) < 4.78 is 5.34. The second kappa shape index (κ2) is 5.32. The molecule has 6 heteroatoms. The van der Waals surface area contributed by atoms with E-state index in [0.29, 0.717) is 12.6 Å². The van der Waals surface area contributed by atoms with Crippen molar-refractivity contribution in [1.82, 2.24) is 15.0 Å². The standard InChI is InChI=1S/C14H17N5O/c1-2-20-14-17-12(15)16-13(18-14)19-9-5-7-10-6-3-4-8-11(10)19/h3-4,6,8H,2,5,7,9H2,1H3,(H2,15,16,17,18). The molecule has 2 N–H and O–H groups in total. The van der Waals surface area contributed by atoms with E-state index in [1.807, 2.05) is 13.0 Å². The Morgan fingerprint density at radius 1 is 1.25 bits per heavy atom. The maximum atomic E-state index is 5.75. The number of rotatable bonds is 3. The van der Waals surface area contributed by atoms with E-state index in [4.69, 9.17) is 10.5 Å². The fourth-order valence-electron chi connectivity index (χ4n) is 2.42. The van der Waals surface area contributed by atoms with Crippen LogP contribution in [0.2, 0.25) is 0 Å². The number of nitrogens with two attached hydrogens (primary N) is 1. The third-order valence-electron chi connectivity index (χ3n) is 3.25. The molecule has 20 heavy (non-hydrogen) atoms. The molecule has 104 valence electrons. The van der Waals surface area contributed by atoms with Crippen LogP contribution < -0.4 is 15.4 Å². The van der Waals surface area contributed by atoms with Crippen LogP contribution in [0.25, 0.3) is 0 Å².